The number of nitrogens with one attached hydrogen (secondary N) is 3. The Morgan fingerprint density at radius 2 is 1.55 bits per heavy atom. The average molecular weight is 472 g/mol. The molecule has 33 heavy (non-hydrogen) atoms. The van der Waals surface area contributed by atoms with Crippen LogP contribution in [0.1, 0.15) is 27.6 Å². The van der Waals surface area contributed by atoms with Crippen LogP contribution in [0.15, 0.2) is 71.6 Å². The van der Waals surface area contributed by atoms with Crippen molar-refractivity contribution in [3.63, 3.8) is 0 Å². The maximum atomic E-state index is 13.8. The monoisotopic (exact) mass is 471 g/mol. The summed E-state index contributed by atoms with van der Waals surface area (Å²) in [7, 11) is -2.50. The molecule has 0 heterocycles. The molecule has 3 aromatic carbocycles. The van der Waals surface area contributed by atoms with Gasteiger partial charge >= 0.3 is 0 Å². The van der Waals surface area contributed by atoms with Crippen LogP contribution >= 0.6 is 0 Å². The molecule has 0 saturated heterocycles. The molecule has 172 valence electrons. The van der Waals surface area contributed by atoms with Crippen LogP contribution < -0.4 is 20.1 Å². The highest BCUT2D eigenvalue weighted by atomic mass is 32.2. The molecule has 10 heteroatoms. The van der Waals surface area contributed by atoms with Gasteiger partial charge in [0.1, 0.15) is 11.6 Å². The maximum Gasteiger partial charge on any atom is 0.261 e. The third-order valence-electron chi connectivity index (χ3n) is 4.54. The van der Waals surface area contributed by atoms with Crippen molar-refractivity contribution in [3.8, 4) is 5.75 Å². The number of hydrogen-bond acceptors (Lipinski definition) is 5. The quantitative estimate of drug-likeness (QED) is 0.464. The first-order chi connectivity index (χ1) is 15.7. The molecule has 0 bridgehead atoms. The van der Waals surface area contributed by atoms with Gasteiger partial charge in [-0.05, 0) is 73.7 Å². The van der Waals surface area contributed by atoms with Gasteiger partial charge in [0, 0.05) is 24.0 Å². The van der Waals surface area contributed by atoms with Crippen molar-refractivity contribution in [2.24, 2.45) is 0 Å². The van der Waals surface area contributed by atoms with Gasteiger partial charge in [-0.15, -0.1) is 0 Å². The van der Waals surface area contributed by atoms with Gasteiger partial charge in [-0.25, -0.2) is 12.8 Å². The molecule has 0 aromatic heterocycles. The number of halogens is 1. The molecular formula is C23H22FN3O5S. The van der Waals surface area contributed by atoms with E-state index in [1.807, 2.05) is 6.92 Å². The summed E-state index contributed by atoms with van der Waals surface area (Å²) in [6, 6.07) is 15.4. The standard InChI is InChI=1S/C23H22FN3O5S/c1-3-32-18-9-6-16(7-10-18)27-33(30,31)19-11-4-15(5-12-19)22(28)26-17-8-13-21(24)20(14-17)23(29)25-2/h4-14,27H,3H2,1-2H3,(H,25,29)(H,26,28). The molecule has 3 rings (SSSR count). The van der Waals surface area contributed by atoms with Gasteiger partial charge in [0.2, 0.25) is 0 Å². The van der Waals surface area contributed by atoms with Gasteiger partial charge in [-0.3, -0.25) is 14.3 Å². The second-order valence-corrected chi connectivity index (χ2v) is 8.50. The third kappa shape index (κ3) is 5.86. The van der Waals surface area contributed by atoms with Crippen LogP contribution in [0.4, 0.5) is 15.8 Å². The van der Waals surface area contributed by atoms with E-state index in [0.717, 1.165) is 6.07 Å². The van der Waals surface area contributed by atoms with Crippen LogP contribution in [0, 0.1) is 5.82 Å². The van der Waals surface area contributed by atoms with Crippen LogP contribution in [-0.2, 0) is 10.0 Å². The van der Waals surface area contributed by atoms with Gasteiger partial charge < -0.3 is 15.4 Å². The molecule has 2 amide bonds. The molecule has 0 aliphatic heterocycles. The molecule has 0 spiro atoms. The van der Waals surface area contributed by atoms with Gasteiger partial charge in [-0.1, -0.05) is 0 Å². The molecule has 8 nitrogen and oxygen atoms in total. The van der Waals surface area contributed by atoms with E-state index in [2.05, 4.69) is 15.4 Å². The molecule has 3 aromatic rings. The fourth-order valence-corrected chi connectivity index (χ4v) is 3.96. The Morgan fingerprint density at radius 3 is 2.15 bits per heavy atom. The molecule has 0 aliphatic rings. The fourth-order valence-electron chi connectivity index (χ4n) is 2.90. The predicted molar refractivity (Wildman–Crippen MR) is 123 cm³/mol. The van der Waals surface area contributed by atoms with E-state index in [1.165, 1.54) is 43.4 Å². The first-order valence-corrected chi connectivity index (χ1v) is 11.4. The number of carbonyl (C=O) groups is 2. The number of rotatable bonds is 8. The van der Waals surface area contributed by atoms with E-state index in [-0.39, 0.29) is 21.7 Å². The number of benzene rings is 3. The molecule has 0 unspecified atom stereocenters. The lowest BCUT2D eigenvalue weighted by atomic mass is 10.1. The number of ether oxygens (including phenoxy) is 1. The molecule has 0 radical (unpaired) electrons. The predicted octanol–water partition coefficient (Wildman–Crippen LogP) is 3.64. The van der Waals surface area contributed by atoms with Crippen LogP contribution in [0.5, 0.6) is 5.75 Å². The van der Waals surface area contributed by atoms with E-state index in [9.17, 15) is 22.4 Å². The van der Waals surface area contributed by atoms with Crippen LogP contribution in [-0.4, -0.2) is 33.9 Å². The second kappa shape index (κ2) is 10.1. The average Bonchev–Trinajstić information content (AvgIpc) is 2.81. The van der Waals surface area contributed by atoms with Crippen molar-refractivity contribution in [3.05, 3.63) is 83.7 Å². The smallest absolute Gasteiger partial charge is 0.261 e. The Labute approximate surface area is 190 Å². The lowest BCUT2D eigenvalue weighted by Crippen LogP contribution is -2.20. The maximum absolute atomic E-state index is 13.8. The van der Waals surface area contributed by atoms with E-state index >= 15 is 0 Å². The highest BCUT2D eigenvalue weighted by molar-refractivity contribution is 7.92. The number of hydrogen-bond donors (Lipinski definition) is 3. The Balaban J connectivity index is 1.71. The van der Waals surface area contributed by atoms with Crippen LogP contribution in [0.3, 0.4) is 0 Å². The minimum absolute atomic E-state index is 0.0309. The summed E-state index contributed by atoms with van der Waals surface area (Å²) in [5, 5.41) is 4.88. The van der Waals surface area contributed by atoms with Crippen molar-refractivity contribution >= 4 is 33.2 Å². The normalized spacial score (nSPS) is 10.9. The second-order valence-electron chi connectivity index (χ2n) is 6.82. The lowest BCUT2D eigenvalue weighted by Gasteiger charge is -2.10. The van der Waals surface area contributed by atoms with E-state index < -0.39 is 27.7 Å². The lowest BCUT2D eigenvalue weighted by molar-refractivity contribution is 0.0957. The van der Waals surface area contributed by atoms with Gasteiger partial charge in [0.25, 0.3) is 21.8 Å². The minimum Gasteiger partial charge on any atom is -0.494 e. The Bertz CT molecular complexity index is 1260. The third-order valence-corrected chi connectivity index (χ3v) is 5.94. The van der Waals surface area contributed by atoms with Crippen molar-refractivity contribution < 1.29 is 27.1 Å². The summed E-state index contributed by atoms with van der Waals surface area (Å²) in [6.07, 6.45) is 0. The zero-order chi connectivity index (χ0) is 24.0. The van der Waals surface area contributed by atoms with E-state index in [0.29, 0.717) is 18.0 Å². The largest absolute Gasteiger partial charge is 0.494 e. The van der Waals surface area contributed by atoms with Crippen LogP contribution in [0.2, 0.25) is 0 Å². The summed E-state index contributed by atoms with van der Waals surface area (Å²) >= 11 is 0. The Hall–Kier alpha value is -3.92. The van der Waals surface area contributed by atoms with Crippen molar-refractivity contribution in [2.45, 2.75) is 11.8 Å². The van der Waals surface area contributed by atoms with Gasteiger partial charge in [0.05, 0.1) is 17.1 Å². The summed E-state index contributed by atoms with van der Waals surface area (Å²) in [5.41, 5.74) is 0.551. The molecule has 0 saturated carbocycles. The summed E-state index contributed by atoms with van der Waals surface area (Å²) < 4.78 is 46.8. The summed E-state index contributed by atoms with van der Waals surface area (Å²) in [6.45, 7) is 2.35. The number of amides is 2. The molecule has 0 atom stereocenters. The zero-order valence-corrected chi connectivity index (χ0v) is 18.7. The molecule has 0 fully saturated rings. The first kappa shape index (κ1) is 23.7. The van der Waals surface area contributed by atoms with E-state index in [4.69, 9.17) is 4.74 Å². The molecule has 3 N–H and O–H groups in total. The van der Waals surface area contributed by atoms with Crippen molar-refractivity contribution in [1.82, 2.24) is 5.32 Å². The van der Waals surface area contributed by atoms with Crippen LogP contribution in [0.25, 0.3) is 0 Å². The van der Waals surface area contributed by atoms with E-state index in [1.54, 1.807) is 24.3 Å². The number of sulfonamides is 1. The first-order valence-electron chi connectivity index (χ1n) is 9.92. The summed E-state index contributed by atoms with van der Waals surface area (Å²) in [5.74, 6) is -1.27. The van der Waals surface area contributed by atoms with Gasteiger partial charge in [0.15, 0.2) is 0 Å². The Kier molecular flexibility index (Phi) is 7.29. The van der Waals surface area contributed by atoms with Gasteiger partial charge in [-0.2, -0.15) is 0 Å². The SMILES string of the molecule is CCOc1ccc(NS(=O)(=O)c2ccc(C(=O)Nc3ccc(F)c(C(=O)NC)c3)cc2)cc1. The summed E-state index contributed by atoms with van der Waals surface area (Å²) in [4.78, 5) is 24.2. The van der Waals surface area contributed by atoms with Crippen molar-refractivity contribution in [2.75, 3.05) is 23.7 Å². The number of anilines is 2. The highest BCUT2D eigenvalue weighted by Gasteiger charge is 2.16. The molecular weight excluding hydrogens is 449 g/mol. The molecule has 0 aliphatic carbocycles. The Morgan fingerprint density at radius 1 is 0.909 bits per heavy atom. The van der Waals surface area contributed by atoms with Crippen molar-refractivity contribution in [1.29, 1.82) is 0 Å². The highest BCUT2D eigenvalue weighted by Crippen LogP contribution is 2.21. The zero-order valence-electron chi connectivity index (χ0n) is 17.9. The fraction of sp³-hybridized carbons (Fsp3) is 0.130. The topological polar surface area (TPSA) is 114 Å². The minimum atomic E-state index is -3.87. The number of carbonyl (C=O) groups excluding carboxylic acids is 2.